The van der Waals surface area contributed by atoms with Gasteiger partial charge in [0.1, 0.15) is 0 Å². The van der Waals surface area contributed by atoms with Crippen LogP contribution < -0.4 is 5.32 Å². The van der Waals surface area contributed by atoms with Crippen LogP contribution in [0.3, 0.4) is 0 Å². The number of nitrogens with one attached hydrogen (secondary N) is 1. The Labute approximate surface area is 151 Å². The normalized spacial score (nSPS) is 29.5. The molecule has 2 atom stereocenters. The molecule has 132 valence electrons. The van der Waals surface area contributed by atoms with Crippen molar-refractivity contribution in [2.75, 3.05) is 20.1 Å². The Morgan fingerprint density at radius 2 is 2.00 bits per heavy atom. The second kappa shape index (κ2) is 7.27. The second-order valence-electron chi connectivity index (χ2n) is 7.89. The van der Waals surface area contributed by atoms with Gasteiger partial charge in [-0.1, -0.05) is 30.3 Å². The van der Waals surface area contributed by atoms with Crippen molar-refractivity contribution < 1.29 is 0 Å². The van der Waals surface area contributed by atoms with Gasteiger partial charge in [-0.3, -0.25) is 9.88 Å². The Morgan fingerprint density at radius 3 is 2.76 bits per heavy atom. The molecule has 1 saturated heterocycles. The topological polar surface area (TPSA) is 28.2 Å². The molecule has 2 heterocycles. The van der Waals surface area contributed by atoms with Gasteiger partial charge in [0.05, 0.1) is 0 Å². The van der Waals surface area contributed by atoms with Crippen LogP contribution in [0, 0.1) is 12.8 Å². The standard InChI is InChI=1S/C22H29N3/c1-16-6-3-4-8-21(16)19-12-20(13-19)24-15-18-9-11-25(2)22(18)17-7-5-10-23-14-17/h3-8,10,14,18-20,22,24H,9,11-13,15H2,1-2H3/t18-,19?,20?,22-/m0/s1. The first-order valence-electron chi connectivity index (χ1n) is 9.61. The number of hydrogen-bond donors (Lipinski definition) is 1. The number of aromatic nitrogens is 1. The van der Waals surface area contributed by atoms with Crippen LogP contribution in [-0.4, -0.2) is 36.1 Å². The fourth-order valence-electron chi connectivity index (χ4n) is 4.72. The number of benzene rings is 1. The lowest BCUT2D eigenvalue weighted by Gasteiger charge is -2.38. The summed E-state index contributed by atoms with van der Waals surface area (Å²) < 4.78 is 0. The molecular weight excluding hydrogens is 306 g/mol. The number of hydrogen-bond acceptors (Lipinski definition) is 3. The Kier molecular flexibility index (Phi) is 4.87. The fraction of sp³-hybridized carbons (Fsp3) is 0.500. The molecule has 0 spiro atoms. The Bertz CT molecular complexity index is 693. The average molecular weight is 335 g/mol. The van der Waals surface area contributed by atoms with Gasteiger partial charge >= 0.3 is 0 Å². The lowest BCUT2D eigenvalue weighted by atomic mass is 9.74. The van der Waals surface area contributed by atoms with Crippen molar-refractivity contribution in [3.63, 3.8) is 0 Å². The summed E-state index contributed by atoms with van der Waals surface area (Å²) in [6, 6.07) is 14.3. The van der Waals surface area contributed by atoms with Gasteiger partial charge in [0.15, 0.2) is 0 Å². The predicted molar refractivity (Wildman–Crippen MR) is 103 cm³/mol. The van der Waals surface area contributed by atoms with Gasteiger partial charge in [-0.25, -0.2) is 0 Å². The minimum atomic E-state index is 0.508. The average Bonchev–Trinajstić information content (AvgIpc) is 2.96. The number of rotatable bonds is 5. The lowest BCUT2D eigenvalue weighted by Crippen LogP contribution is -2.43. The van der Waals surface area contributed by atoms with Gasteiger partial charge in [-0.15, -0.1) is 0 Å². The van der Waals surface area contributed by atoms with Crippen molar-refractivity contribution in [2.24, 2.45) is 5.92 Å². The zero-order chi connectivity index (χ0) is 17.2. The zero-order valence-electron chi connectivity index (χ0n) is 15.4. The SMILES string of the molecule is Cc1ccccc1C1CC(NC[C@@H]2CCN(C)[C@H]2c2cccnc2)C1. The second-order valence-corrected chi connectivity index (χ2v) is 7.89. The third kappa shape index (κ3) is 3.49. The van der Waals surface area contributed by atoms with E-state index >= 15 is 0 Å². The van der Waals surface area contributed by atoms with E-state index in [-0.39, 0.29) is 0 Å². The molecule has 1 aliphatic heterocycles. The molecule has 1 saturated carbocycles. The molecule has 2 fully saturated rings. The summed E-state index contributed by atoms with van der Waals surface area (Å²) in [6.07, 6.45) is 7.75. The van der Waals surface area contributed by atoms with E-state index < -0.39 is 0 Å². The van der Waals surface area contributed by atoms with Crippen LogP contribution >= 0.6 is 0 Å². The van der Waals surface area contributed by atoms with Crippen molar-refractivity contribution in [1.82, 2.24) is 15.2 Å². The highest BCUT2D eigenvalue weighted by Gasteiger charge is 2.35. The highest BCUT2D eigenvalue weighted by atomic mass is 15.2. The molecule has 1 aliphatic carbocycles. The van der Waals surface area contributed by atoms with Gasteiger partial charge < -0.3 is 5.32 Å². The molecule has 0 unspecified atom stereocenters. The smallest absolute Gasteiger partial charge is 0.0401 e. The monoisotopic (exact) mass is 335 g/mol. The van der Waals surface area contributed by atoms with Crippen molar-refractivity contribution >= 4 is 0 Å². The largest absolute Gasteiger partial charge is 0.314 e. The van der Waals surface area contributed by atoms with Crippen LogP contribution in [0.2, 0.25) is 0 Å². The molecule has 2 aliphatic rings. The van der Waals surface area contributed by atoms with Crippen LogP contribution in [0.25, 0.3) is 0 Å². The summed E-state index contributed by atoms with van der Waals surface area (Å²) >= 11 is 0. The summed E-state index contributed by atoms with van der Waals surface area (Å²) in [7, 11) is 2.25. The first kappa shape index (κ1) is 16.7. The van der Waals surface area contributed by atoms with E-state index in [1.165, 1.54) is 36.9 Å². The van der Waals surface area contributed by atoms with E-state index in [0.717, 1.165) is 12.5 Å². The summed E-state index contributed by atoms with van der Waals surface area (Å²) in [5.41, 5.74) is 4.36. The highest BCUT2D eigenvalue weighted by Crippen LogP contribution is 2.39. The van der Waals surface area contributed by atoms with Crippen LogP contribution in [-0.2, 0) is 0 Å². The molecule has 1 aromatic carbocycles. The summed E-state index contributed by atoms with van der Waals surface area (Å²) in [5.74, 6) is 1.44. The molecule has 3 heteroatoms. The van der Waals surface area contributed by atoms with E-state index in [0.29, 0.717) is 18.0 Å². The zero-order valence-corrected chi connectivity index (χ0v) is 15.4. The number of pyridine rings is 1. The highest BCUT2D eigenvalue weighted by molar-refractivity contribution is 5.31. The van der Waals surface area contributed by atoms with E-state index in [1.807, 2.05) is 12.4 Å². The number of likely N-dealkylation sites (tertiary alicyclic amines) is 1. The van der Waals surface area contributed by atoms with Gasteiger partial charge in [-0.2, -0.15) is 0 Å². The van der Waals surface area contributed by atoms with Crippen LogP contribution in [0.15, 0.2) is 48.8 Å². The van der Waals surface area contributed by atoms with Crippen molar-refractivity contribution in [1.29, 1.82) is 0 Å². The van der Waals surface area contributed by atoms with Crippen LogP contribution in [0.1, 0.15) is 47.9 Å². The Hall–Kier alpha value is -1.71. The Balaban J connectivity index is 1.31. The van der Waals surface area contributed by atoms with Gasteiger partial charge in [0.2, 0.25) is 0 Å². The molecule has 1 N–H and O–H groups in total. The predicted octanol–water partition coefficient (Wildman–Crippen LogP) is 3.92. The molecule has 0 amide bonds. The summed E-state index contributed by atoms with van der Waals surface area (Å²) in [5, 5.41) is 3.85. The lowest BCUT2D eigenvalue weighted by molar-refractivity contribution is 0.239. The minimum Gasteiger partial charge on any atom is -0.314 e. The Morgan fingerprint density at radius 1 is 1.16 bits per heavy atom. The quantitative estimate of drug-likeness (QED) is 0.898. The van der Waals surface area contributed by atoms with E-state index in [1.54, 1.807) is 5.56 Å². The van der Waals surface area contributed by atoms with E-state index in [2.05, 4.69) is 65.6 Å². The molecule has 4 rings (SSSR count). The maximum absolute atomic E-state index is 4.33. The number of nitrogens with zero attached hydrogens (tertiary/aromatic N) is 2. The minimum absolute atomic E-state index is 0.508. The van der Waals surface area contributed by atoms with Gasteiger partial charge in [0.25, 0.3) is 0 Å². The molecular formula is C22H29N3. The first-order valence-corrected chi connectivity index (χ1v) is 9.61. The van der Waals surface area contributed by atoms with Crippen molar-refractivity contribution in [3.05, 3.63) is 65.5 Å². The molecule has 3 nitrogen and oxygen atoms in total. The van der Waals surface area contributed by atoms with Crippen molar-refractivity contribution in [3.8, 4) is 0 Å². The first-order chi connectivity index (χ1) is 12.2. The molecule has 2 aromatic rings. The fourth-order valence-corrected chi connectivity index (χ4v) is 4.72. The van der Waals surface area contributed by atoms with Crippen LogP contribution in [0.4, 0.5) is 0 Å². The molecule has 0 bridgehead atoms. The van der Waals surface area contributed by atoms with Crippen LogP contribution in [0.5, 0.6) is 0 Å². The van der Waals surface area contributed by atoms with Crippen molar-refractivity contribution in [2.45, 2.75) is 44.2 Å². The van der Waals surface area contributed by atoms with E-state index in [9.17, 15) is 0 Å². The van der Waals surface area contributed by atoms with Gasteiger partial charge in [0, 0.05) is 31.0 Å². The molecule has 25 heavy (non-hydrogen) atoms. The maximum Gasteiger partial charge on any atom is 0.0401 e. The third-order valence-electron chi connectivity index (χ3n) is 6.23. The third-order valence-corrected chi connectivity index (χ3v) is 6.23. The maximum atomic E-state index is 4.33. The number of aryl methyl sites for hydroxylation is 1. The molecule has 1 aromatic heterocycles. The summed E-state index contributed by atoms with van der Waals surface area (Å²) in [6.45, 7) is 4.54. The van der Waals surface area contributed by atoms with E-state index in [4.69, 9.17) is 0 Å². The molecule has 0 radical (unpaired) electrons. The van der Waals surface area contributed by atoms with Gasteiger partial charge in [-0.05, 0) is 74.4 Å². The summed E-state index contributed by atoms with van der Waals surface area (Å²) in [4.78, 5) is 6.81.